The number of hydrogen-bond acceptors (Lipinski definition) is 9. The smallest absolute Gasteiger partial charge is 0.334 e. The third kappa shape index (κ3) is 9.19. The van der Waals surface area contributed by atoms with Crippen molar-refractivity contribution in [3.63, 3.8) is 0 Å². The molecular weight excluding hydrogens is 757 g/mol. The molecule has 4 aliphatic carbocycles. The van der Waals surface area contributed by atoms with Crippen molar-refractivity contribution < 1.29 is 44.7 Å². The fourth-order valence-corrected chi connectivity index (χ4v) is 11.6. The van der Waals surface area contributed by atoms with Crippen LogP contribution in [0.4, 0.5) is 0 Å². The van der Waals surface area contributed by atoms with Crippen molar-refractivity contribution in [3.05, 3.63) is 82.0 Å². The number of Topliss-reactive ketones (excluding diaryl/α,β-unsaturated/α-hetero) is 1. The van der Waals surface area contributed by atoms with Gasteiger partial charge in [-0.2, -0.15) is 0 Å². The number of hydrogen-bond donors (Lipinski definition) is 5. The summed E-state index contributed by atoms with van der Waals surface area (Å²) in [5.41, 5.74) is 2.57. The number of benzene rings is 1. The van der Waals surface area contributed by atoms with E-state index < -0.39 is 30.1 Å². The average molecular weight is 829 g/mol. The normalized spacial score (nSPS) is 29.9. The van der Waals surface area contributed by atoms with E-state index in [9.17, 15) is 39.9 Å². The molecule has 4 aliphatic rings. The molecule has 9 heteroatoms. The highest BCUT2D eigenvalue weighted by Gasteiger charge is 2.63. The molecule has 0 amide bonds. The largest absolute Gasteiger partial charge is 0.508 e. The molecule has 0 aliphatic heterocycles. The molecule has 8 atom stereocenters. The molecule has 1 aromatic rings. The third-order valence-corrected chi connectivity index (χ3v) is 15.9. The number of carbonyl (C=O) groups is 3. The molecular formula is C51H72O9. The van der Waals surface area contributed by atoms with E-state index in [4.69, 9.17) is 4.74 Å². The fourth-order valence-electron chi connectivity index (χ4n) is 11.6. The van der Waals surface area contributed by atoms with Crippen molar-refractivity contribution in [2.75, 3.05) is 13.2 Å². The van der Waals surface area contributed by atoms with Gasteiger partial charge in [0.15, 0.2) is 5.78 Å². The van der Waals surface area contributed by atoms with Gasteiger partial charge in [0.1, 0.15) is 29.0 Å². The fraction of sp³-hybridized carbons (Fsp3) is 0.627. The van der Waals surface area contributed by atoms with Gasteiger partial charge in [0.2, 0.25) is 0 Å². The third-order valence-electron chi connectivity index (χ3n) is 15.9. The van der Waals surface area contributed by atoms with Gasteiger partial charge in [-0.15, -0.1) is 0 Å². The van der Waals surface area contributed by atoms with E-state index in [1.807, 2.05) is 26.0 Å². The number of aromatic hydroxyl groups is 2. The van der Waals surface area contributed by atoms with Crippen LogP contribution in [0.5, 0.6) is 11.5 Å². The summed E-state index contributed by atoms with van der Waals surface area (Å²) in [5, 5.41) is 51.5. The van der Waals surface area contributed by atoms with Crippen molar-refractivity contribution in [1.29, 1.82) is 0 Å². The number of allylic oxidation sites excluding steroid dienone is 8. The predicted molar refractivity (Wildman–Crippen MR) is 235 cm³/mol. The molecule has 5 N–H and O–H groups in total. The maximum atomic E-state index is 14.1. The number of phenolic OH excluding ortho intramolecular Hbond substituents is 2. The summed E-state index contributed by atoms with van der Waals surface area (Å²) in [6.07, 6.45) is 17.4. The topological polar surface area (TPSA) is 162 Å². The van der Waals surface area contributed by atoms with E-state index in [1.54, 1.807) is 0 Å². The zero-order valence-corrected chi connectivity index (χ0v) is 37.7. The van der Waals surface area contributed by atoms with E-state index in [1.165, 1.54) is 30.2 Å². The van der Waals surface area contributed by atoms with Gasteiger partial charge in [0.25, 0.3) is 0 Å². The second-order valence-electron chi connectivity index (χ2n) is 20.2. The van der Waals surface area contributed by atoms with Crippen LogP contribution >= 0.6 is 0 Å². The van der Waals surface area contributed by atoms with Crippen LogP contribution in [0.25, 0.3) is 0 Å². The first-order chi connectivity index (χ1) is 28.0. The zero-order chi connectivity index (χ0) is 44.4. The van der Waals surface area contributed by atoms with Crippen LogP contribution in [0, 0.1) is 39.4 Å². The summed E-state index contributed by atoms with van der Waals surface area (Å²) in [7, 11) is 0. The van der Waals surface area contributed by atoms with Gasteiger partial charge >= 0.3 is 5.97 Å². The van der Waals surface area contributed by atoms with Crippen molar-refractivity contribution >= 4 is 17.5 Å². The van der Waals surface area contributed by atoms with Crippen LogP contribution in [0.2, 0.25) is 0 Å². The lowest BCUT2D eigenvalue weighted by atomic mass is 9.44. The molecule has 1 aromatic carbocycles. The Labute approximate surface area is 358 Å². The molecule has 60 heavy (non-hydrogen) atoms. The maximum Gasteiger partial charge on any atom is 0.334 e. The number of ether oxygens (including phenoxy) is 1. The van der Waals surface area contributed by atoms with E-state index >= 15 is 0 Å². The summed E-state index contributed by atoms with van der Waals surface area (Å²) in [6, 6.07) is 3.61. The molecule has 1 unspecified atom stereocenters. The predicted octanol–water partition coefficient (Wildman–Crippen LogP) is 9.82. The van der Waals surface area contributed by atoms with Gasteiger partial charge in [-0.25, -0.2) is 4.79 Å². The van der Waals surface area contributed by atoms with Crippen LogP contribution in [0.3, 0.4) is 0 Å². The molecule has 0 aromatic heterocycles. The van der Waals surface area contributed by atoms with Crippen LogP contribution < -0.4 is 0 Å². The number of fused-ring (bicyclic) bond motifs is 5. The Bertz CT molecular complexity index is 1960. The lowest BCUT2D eigenvalue weighted by Gasteiger charge is -2.59. The van der Waals surface area contributed by atoms with Gasteiger partial charge in [-0.1, -0.05) is 77.0 Å². The number of rotatable bonds is 17. The summed E-state index contributed by atoms with van der Waals surface area (Å²) in [6.45, 7) is 18.5. The van der Waals surface area contributed by atoms with Crippen molar-refractivity contribution in [1.82, 2.24) is 0 Å². The minimum atomic E-state index is -1.75. The van der Waals surface area contributed by atoms with Gasteiger partial charge in [0, 0.05) is 17.4 Å². The number of aliphatic hydroxyl groups is 3. The number of ketones is 2. The molecule has 0 heterocycles. The second kappa shape index (κ2) is 18.3. The Balaban J connectivity index is 1.34. The quantitative estimate of drug-likeness (QED) is 0.0339. The molecule has 0 saturated heterocycles. The second-order valence-corrected chi connectivity index (χ2v) is 20.2. The molecule has 0 spiro atoms. The van der Waals surface area contributed by atoms with Gasteiger partial charge in [-0.3, -0.25) is 9.59 Å². The Morgan fingerprint density at radius 1 is 0.950 bits per heavy atom. The molecule has 0 radical (unpaired) electrons. The first kappa shape index (κ1) is 47.3. The summed E-state index contributed by atoms with van der Waals surface area (Å²) in [5.74, 6) is -0.810. The summed E-state index contributed by atoms with van der Waals surface area (Å²) < 4.78 is 6.07. The van der Waals surface area contributed by atoms with Gasteiger partial charge in [-0.05, 0) is 161 Å². The lowest BCUT2D eigenvalue weighted by molar-refractivity contribution is -0.165. The zero-order valence-electron chi connectivity index (χ0n) is 37.7. The van der Waals surface area contributed by atoms with Crippen LogP contribution in [0.1, 0.15) is 150 Å². The minimum absolute atomic E-state index is 0.00527. The first-order valence-electron chi connectivity index (χ1n) is 22.2. The molecule has 2 saturated carbocycles. The SMILES string of the molecule is CC(=CCCC(C)=CCC/C(=C/C(=O)c1cc(O)ccc1O)C(=O)O[C@@H](CC[C@@H](C)[C@H]1CC[C@@]2(C)C3=CC[C@H]4C(C)(C)C(=O)CC[C@]4(C)C3=CC[C@]12C)C(C)(O)CO)CO. The average Bonchev–Trinajstić information content (AvgIpc) is 3.48. The highest BCUT2D eigenvalue weighted by atomic mass is 16.6. The van der Waals surface area contributed by atoms with Gasteiger partial charge in [0.05, 0.1) is 18.8 Å². The van der Waals surface area contributed by atoms with Crippen LogP contribution in [-0.4, -0.2) is 68.0 Å². The van der Waals surface area contributed by atoms with Crippen molar-refractivity contribution in [3.8, 4) is 11.5 Å². The van der Waals surface area contributed by atoms with Crippen LogP contribution in [-0.2, 0) is 14.3 Å². The Hall–Kier alpha value is -3.79. The monoisotopic (exact) mass is 829 g/mol. The Kier molecular flexibility index (Phi) is 14.4. The summed E-state index contributed by atoms with van der Waals surface area (Å²) >= 11 is 0. The Morgan fingerprint density at radius 3 is 2.32 bits per heavy atom. The number of carbonyl (C=O) groups excluding carboxylic acids is 3. The van der Waals surface area contributed by atoms with Crippen LogP contribution in [0.15, 0.2) is 76.4 Å². The van der Waals surface area contributed by atoms with E-state index in [-0.39, 0.29) is 69.2 Å². The maximum absolute atomic E-state index is 14.1. The number of esters is 1. The molecule has 330 valence electrons. The van der Waals surface area contributed by atoms with Crippen molar-refractivity contribution in [2.45, 2.75) is 151 Å². The lowest BCUT2D eigenvalue weighted by Crippen LogP contribution is -2.53. The Morgan fingerprint density at radius 2 is 1.63 bits per heavy atom. The standard InChI is InChI=1S/C51H72O9/c1-32(12-10-14-33(2)30-52)13-11-15-35(28-42(56)37-29-36(54)17-19-41(37)55)46(58)60-45(51(9,59)31-53)21-16-34(3)38-22-26-50(8)40-18-20-43-47(4,5)44(57)24-25-48(43,6)39(40)23-27-49(38,50)7/h13-14,17-19,23,28-29,34,38,43,45,52-55,59H,10-12,15-16,20-22,24-27,30-31H2,1-9H3/b32-13?,33-14?,35-28-/t34-,38-,43+,45+,48-,49-,50+,51?/m1/s1. The highest BCUT2D eigenvalue weighted by molar-refractivity contribution is 6.10. The molecule has 9 nitrogen and oxygen atoms in total. The molecule has 5 rings (SSSR count). The molecule has 2 fully saturated rings. The van der Waals surface area contributed by atoms with E-state index in [0.29, 0.717) is 37.4 Å². The molecule has 0 bridgehead atoms. The number of phenols is 2. The summed E-state index contributed by atoms with van der Waals surface area (Å²) in [4.78, 5) is 40.6. The first-order valence-corrected chi connectivity index (χ1v) is 22.2. The number of aliphatic hydroxyl groups excluding tert-OH is 2. The minimum Gasteiger partial charge on any atom is -0.508 e. The van der Waals surface area contributed by atoms with Gasteiger partial charge < -0.3 is 30.3 Å². The van der Waals surface area contributed by atoms with E-state index in [0.717, 1.165) is 68.2 Å². The highest BCUT2D eigenvalue weighted by Crippen LogP contribution is 2.71. The van der Waals surface area contributed by atoms with Crippen molar-refractivity contribution in [2.24, 2.45) is 39.4 Å². The van der Waals surface area contributed by atoms with E-state index in [2.05, 4.69) is 53.7 Å².